The highest BCUT2D eigenvalue weighted by Crippen LogP contribution is 2.52. The number of fused-ring (bicyclic) bond motifs is 6. The molecule has 12 heteroatoms. The summed E-state index contributed by atoms with van der Waals surface area (Å²) in [5, 5.41) is 3.88. The SMILES string of the molecule is CC(=O)OCCN1/C(=C/C=C2\CCC(/C=C/C3=[N+](CCOC(C)=O)c4ccc5cc(S(=O)(=O)[O-])ccc5c4C3(C)C)=C2N(c2ccccc2)c2ccccc2)C(C)(C)c2c1ccc1cc(C)ccc21.CC[NH+](CC)CC. The molecule has 0 amide bonds. The van der Waals surface area contributed by atoms with Gasteiger partial charge in [0.05, 0.1) is 42.2 Å². The molecular formula is C64H73N4O7S+. The quantitative estimate of drug-likeness (QED) is 0.0573. The lowest BCUT2D eigenvalue weighted by Gasteiger charge is -2.29. The zero-order valence-corrected chi connectivity index (χ0v) is 46.6. The minimum absolute atomic E-state index is 0.159. The summed E-state index contributed by atoms with van der Waals surface area (Å²) in [6.45, 7) is 25.6. The third-order valence-corrected chi connectivity index (χ3v) is 16.1. The van der Waals surface area contributed by atoms with Gasteiger partial charge in [-0.2, -0.15) is 4.58 Å². The zero-order valence-electron chi connectivity index (χ0n) is 45.8. The van der Waals surface area contributed by atoms with Gasteiger partial charge in [-0.15, -0.1) is 0 Å². The average molecular weight is 1040 g/mol. The van der Waals surface area contributed by atoms with Crippen molar-refractivity contribution >= 4 is 72.1 Å². The molecule has 0 radical (unpaired) electrons. The molecule has 0 saturated carbocycles. The van der Waals surface area contributed by atoms with Gasteiger partial charge in [-0.1, -0.05) is 98.3 Å². The summed E-state index contributed by atoms with van der Waals surface area (Å²) < 4.78 is 49.4. The normalized spacial score (nSPS) is 16.8. The average Bonchev–Trinajstić information content (AvgIpc) is 3.96. The smallest absolute Gasteiger partial charge is 0.302 e. The molecule has 0 spiro atoms. The first-order valence-electron chi connectivity index (χ1n) is 26.6. The Bertz CT molecular complexity index is 3400. The molecule has 396 valence electrons. The second-order valence-corrected chi connectivity index (χ2v) is 22.2. The van der Waals surface area contributed by atoms with E-state index >= 15 is 0 Å². The fraction of sp³-hybridized carbons (Fsp3) is 0.328. The second kappa shape index (κ2) is 23.0. The number of nitrogens with one attached hydrogen (secondary N) is 1. The molecule has 2 aliphatic heterocycles. The summed E-state index contributed by atoms with van der Waals surface area (Å²) in [6, 6.07) is 40.2. The van der Waals surface area contributed by atoms with Crippen molar-refractivity contribution in [2.24, 2.45) is 0 Å². The van der Waals surface area contributed by atoms with Crippen LogP contribution in [0.25, 0.3) is 21.5 Å². The van der Waals surface area contributed by atoms with Gasteiger partial charge in [0.15, 0.2) is 18.9 Å². The van der Waals surface area contributed by atoms with E-state index in [-0.39, 0.29) is 30.0 Å². The van der Waals surface area contributed by atoms with E-state index in [4.69, 9.17) is 9.47 Å². The van der Waals surface area contributed by atoms with Crippen molar-refractivity contribution in [3.8, 4) is 0 Å². The lowest BCUT2D eigenvalue weighted by Crippen LogP contribution is -3.11. The fourth-order valence-electron chi connectivity index (χ4n) is 11.5. The maximum Gasteiger partial charge on any atom is 0.302 e. The molecule has 3 aliphatic rings. The van der Waals surface area contributed by atoms with Crippen LogP contribution >= 0.6 is 0 Å². The number of anilines is 3. The lowest BCUT2D eigenvalue weighted by molar-refractivity contribution is -0.894. The topological polar surface area (TPSA) is 124 Å². The van der Waals surface area contributed by atoms with Crippen LogP contribution in [0.1, 0.15) is 91.8 Å². The first kappa shape index (κ1) is 55.1. The number of allylic oxidation sites excluding steroid dienone is 7. The van der Waals surface area contributed by atoms with Gasteiger partial charge in [-0.05, 0) is 147 Å². The number of para-hydroxylation sites is 2. The third kappa shape index (κ3) is 11.4. The minimum Gasteiger partial charge on any atom is -0.744 e. The highest BCUT2D eigenvalue weighted by Gasteiger charge is 2.46. The number of carbonyl (C=O) groups is 2. The Kier molecular flexibility index (Phi) is 16.7. The molecule has 0 unspecified atom stereocenters. The van der Waals surface area contributed by atoms with E-state index in [0.717, 1.165) is 74.8 Å². The van der Waals surface area contributed by atoms with Crippen LogP contribution in [0.15, 0.2) is 173 Å². The molecule has 9 rings (SSSR count). The number of aryl methyl sites for hydroxylation is 1. The van der Waals surface area contributed by atoms with Crippen LogP contribution in [0.3, 0.4) is 0 Å². The van der Waals surface area contributed by atoms with Crippen LogP contribution in [-0.4, -0.2) is 81.1 Å². The van der Waals surface area contributed by atoms with Crippen LogP contribution in [-0.2, 0) is 40.0 Å². The van der Waals surface area contributed by atoms with E-state index in [1.54, 1.807) is 11.0 Å². The number of ether oxygens (including phenoxy) is 2. The highest BCUT2D eigenvalue weighted by atomic mass is 32.2. The van der Waals surface area contributed by atoms with Crippen molar-refractivity contribution in [3.05, 3.63) is 185 Å². The molecule has 0 bridgehead atoms. The van der Waals surface area contributed by atoms with Crippen LogP contribution < -0.4 is 14.7 Å². The zero-order chi connectivity index (χ0) is 54.5. The molecule has 1 N–H and O–H groups in total. The Morgan fingerprint density at radius 3 is 1.91 bits per heavy atom. The van der Waals surface area contributed by atoms with Crippen LogP contribution in [0, 0.1) is 6.92 Å². The molecule has 0 saturated heterocycles. The number of esters is 2. The molecule has 6 aromatic carbocycles. The van der Waals surface area contributed by atoms with Gasteiger partial charge >= 0.3 is 11.9 Å². The minimum atomic E-state index is -4.66. The number of hydrogen-bond acceptors (Lipinski definition) is 9. The maximum atomic E-state index is 12.1. The third-order valence-electron chi connectivity index (χ3n) is 15.3. The predicted octanol–water partition coefficient (Wildman–Crippen LogP) is 11.7. The van der Waals surface area contributed by atoms with Gasteiger partial charge in [-0.25, -0.2) is 8.42 Å². The number of rotatable bonds is 16. The summed E-state index contributed by atoms with van der Waals surface area (Å²) in [4.78, 5) is 30.1. The van der Waals surface area contributed by atoms with Crippen LogP contribution in [0.2, 0.25) is 0 Å². The Balaban J connectivity index is 0.00000102. The van der Waals surface area contributed by atoms with Crippen LogP contribution in [0.5, 0.6) is 0 Å². The van der Waals surface area contributed by atoms with Crippen molar-refractivity contribution in [1.82, 2.24) is 0 Å². The number of nitrogens with zero attached hydrogens (tertiary/aromatic N) is 3. The summed E-state index contributed by atoms with van der Waals surface area (Å²) in [5.41, 5.74) is 11.9. The largest absolute Gasteiger partial charge is 0.744 e. The van der Waals surface area contributed by atoms with Crippen molar-refractivity contribution in [2.45, 2.75) is 97.8 Å². The molecule has 0 aromatic heterocycles. The van der Waals surface area contributed by atoms with Crippen LogP contribution in [0.4, 0.5) is 22.7 Å². The van der Waals surface area contributed by atoms with Gasteiger partial charge in [0.1, 0.15) is 16.7 Å². The van der Waals surface area contributed by atoms with E-state index in [1.165, 1.54) is 67.5 Å². The van der Waals surface area contributed by atoms with Crippen molar-refractivity contribution in [3.63, 3.8) is 0 Å². The fourth-order valence-corrected chi connectivity index (χ4v) is 12.0. The molecular weight excluding hydrogens is 969 g/mol. The molecule has 0 fully saturated rings. The Morgan fingerprint density at radius 1 is 0.711 bits per heavy atom. The summed E-state index contributed by atoms with van der Waals surface area (Å²) in [7, 11) is -4.66. The van der Waals surface area contributed by atoms with Gasteiger partial charge in [-0.3, -0.25) is 9.59 Å². The Labute approximate surface area is 449 Å². The summed E-state index contributed by atoms with van der Waals surface area (Å²) in [6.07, 6.45) is 10.5. The van der Waals surface area contributed by atoms with Gasteiger partial charge in [0.2, 0.25) is 5.69 Å². The Morgan fingerprint density at radius 2 is 1.30 bits per heavy atom. The Hall–Kier alpha value is -7.12. The standard InChI is InChI=1S/C58H57N3O7S.C6H15N/c1-38-18-26-48-43(36-38)21-28-50-54(48)57(4,5)52(59(50)32-34-67-39(2)62)30-23-41-19-20-42(56(41)61(45-14-10-8-11-15-45)46-16-12-9-13-17-46)24-31-53-58(6,7)55-49-27-25-47(69(64,65)66)37-44(49)22-29-51(55)60(53)33-35-68-40(3)63;1-4-7(5-2)6-3/h8-18,21-31,36-37H,19-20,32-35H2,1-7H3;4-6H2,1-3H3/p+1. The van der Waals surface area contributed by atoms with Gasteiger partial charge < -0.3 is 28.7 Å². The molecule has 6 aromatic rings. The molecule has 76 heavy (non-hydrogen) atoms. The predicted molar refractivity (Wildman–Crippen MR) is 306 cm³/mol. The number of benzene rings is 6. The van der Waals surface area contributed by atoms with E-state index < -0.39 is 20.9 Å². The van der Waals surface area contributed by atoms with Crippen molar-refractivity contribution in [2.75, 3.05) is 55.7 Å². The first-order valence-corrected chi connectivity index (χ1v) is 28.0. The molecule has 11 nitrogen and oxygen atoms in total. The van der Waals surface area contributed by atoms with E-state index in [2.05, 4.69) is 173 Å². The molecule has 1 aliphatic carbocycles. The molecule has 0 atom stereocenters. The highest BCUT2D eigenvalue weighted by molar-refractivity contribution is 7.85. The van der Waals surface area contributed by atoms with Gasteiger partial charge in [0, 0.05) is 59.7 Å². The summed E-state index contributed by atoms with van der Waals surface area (Å²) >= 11 is 0. The second-order valence-electron chi connectivity index (χ2n) is 20.9. The first-order chi connectivity index (χ1) is 36.3. The maximum absolute atomic E-state index is 12.1. The number of quaternary nitrogens is 1. The van der Waals surface area contributed by atoms with E-state index in [9.17, 15) is 22.6 Å². The van der Waals surface area contributed by atoms with E-state index in [1.807, 2.05) is 24.3 Å². The van der Waals surface area contributed by atoms with Crippen molar-refractivity contribution < 1.29 is 41.5 Å². The monoisotopic (exact) mass is 1040 g/mol. The lowest BCUT2D eigenvalue weighted by atomic mass is 9.79. The molecule has 2 heterocycles. The summed E-state index contributed by atoms with van der Waals surface area (Å²) in [5.74, 6) is -0.678. The number of hydrogen-bond donors (Lipinski definition) is 1. The van der Waals surface area contributed by atoms with E-state index in [0.29, 0.717) is 18.5 Å². The number of carbonyl (C=O) groups excluding carboxylic acids is 2. The van der Waals surface area contributed by atoms with Gasteiger partial charge in [0.25, 0.3) is 0 Å². The van der Waals surface area contributed by atoms with Crippen molar-refractivity contribution in [1.29, 1.82) is 0 Å².